The SMILES string of the molecule is C=CC1OC2C3=C(C)C(O)CC(O)(C(OC(=O)c4ccccc4)C4C5(OC(=O)CC)COC5CC(O[Si](CC)(CC)CC)[C@@]4(C)C2O1)C3(C)C. The number of aliphatic hydroxyl groups is 2. The van der Waals surface area contributed by atoms with Crippen molar-refractivity contribution in [3.63, 3.8) is 0 Å². The van der Waals surface area contributed by atoms with Crippen LogP contribution in [0.4, 0.5) is 0 Å². The fourth-order valence-corrected chi connectivity index (χ4v) is 13.0. The maximum Gasteiger partial charge on any atom is 0.338 e. The predicted molar refractivity (Wildman–Crippen MR) is 189 cm³/mol. The molecule has 2 saturated heterocycles. The number of fused-ring (bicyclic) bond motifs is 8. The first kappa shape index (κ1) is 37.4. The molecule has 11 heteroatoms. The minimum Gasteiger partial charge on any atom is -0.455 e. The molecule has 0 radical (unpaired) electrons. The molecule has 3 aliphatic carbocycles. The smallest absolute Gasteiger partial charge is 0.338 e. The predicted octanol–water partition coefficient (Wildman–Crippen LogP) is 5.87. The van der Waals surface area contributed by atoms with E-state index >= 15 is 0 Å². The zero-order valence-electron chi connectivity index (χ0n) is 30.9. The zero-order valence-corrected chi connectivity index (χ0v) is 31.9. The molecule has 10 nitrogen and oxygen atoms in total. The van der Waals surface area contributed by atoms with Crippen LogP contribution in [0.15, 0.2) is 54.1 Å². The zero-order chi connectivity index (χ0) is 36.4. The van der Waals surface area contributed by atoms with E-state index in [9.17, 15) is 19.8 Å². The molecule has 2 saturated carbocycles. The average Bonchev–Trinajstić information content (AvgIpc) is 3.53. The van der Waals surface area contributed by atoms with Gasteiger partial charge >= 0.3 is 11.9 Å². The van der Waals surface area contributed by atoms with Crippen LogP contribution in [0.5, 0.6) is 0 Å². The van der Waals surface area contributed by atoms with Gasteiger partial charge in [-0.3, -0.25) is 4.79 Å². The van der Waals surface area contributed by atoms with E-state index in [1.54, 1.807) is 37.3 Å². The number of carbonyl (C=O) groups is 2. The second kappa shape index (κ2) is 13.2. The Morgan fingerprint density at radius 2 is 1.72 bits per heavy atom. The Balaban J connectivity index is 1.68. The first-order chi connectivity index (χ1) is 23.6. The van der Waals surface area contributed by atoms with Crippen molar-refractivity contribution in [2.24, 2.45) is 16.7 Å². The topological polar surface area (TPSA) is 130 Å². The highest BCUT2D eigenvalue weighted by molar-refractivity contribution is 6.73. The molecule has 2 N–H and O–H groups in total. The molecule has 0 spiro atoms. The van der Waals surface area contributed by atoms with Gasteiger partial charge in [0.15, 0.2) is 20.2 Å². The van der Waals surface area contributed by atoms with Crippen molar-refractivity contribution >= 4 is 20.3 Å². The van der Waals surface area contributed by atoms with Crippen molar-refractivity contribution in [1.29, 1.82) is 0 Å². The second-order valence-corrected chi connectivity index (χ2v) is 20.5. The van der Waals surface area contributed by atoms with Crippen LogP contribution in [0, 0.1) is 16.7 Å². The maximum absolute atomic E-state index is 14.3. The van der Waals surface area contributed by atoms with Crippen LogP contribution in [0.1, 0.15) is 85.0 Å². The van der Waals surface area contributed by atoms with Crippen molar-refractivity contribution < 1.29 is 47.9 Å². The first-order valence-corrected chi connectivity index (χ1v) is 21.0. The van der Waals surface area contributed by atoms with Crippen LogP contribution in [0.2, 0.25) is 18.1 Å². The van der Waals surface area contributed by atoms with Crippen LogP contribution >= 0.6 is 0 Å². The molecule has 0 amide bonds. The van der Waals surface area contributed by atoms with Crippen LogP contribution < -0.4 is 0 Å². The summed E-state index contributed by atoms with van der Waals surface area (Å²) in [5.74, 6) is -1.96. The van der Waals surface area contributed by atoms with Gasteiger partial charge in [-0.2, -0.15) is 0 Å². The van der Waals surface area contributed by atoms with E-state index in [2.05, 4.69) is 34.3 Å². The van der Waals surface area contributed by atoms with Gasteiger partial charge in [-0.05, 0) is 54.4 Å². The fourth-order valence-electron chi connectivity index (χ4n) is 10.1. The summed E-state index contributed by atoms with van der Waals surface area (Å²) >= 11 is 0. The molecular weight excluding hydrogens is 657 g/mol. The molecular formula is C39H56O10Si. The molecule has 5 aliphatic rings. The third-order valence-corrected chi connectivity index (χ3v) is 18.1. The number of benzene rings is 1. The molecule has 2 aliphatic heterocycles. The lowest BCUT2D eigenvalue weighted by Crippen LogP contribution is -2.82. The lowest BCUT2D eigenvalue weighted by Gasteiger charge is -2.69. The van der Waals surface area contributed by atoms with Crippen LogP contribution in [-0.2, 0) is 32.9 Å². The summed E-state index contributed by atoms with van der Waals surface area (Å²) in [6.45, 7) is 20.1. The van der Waals surface area contributed by atoms with Gasteiger partial charge in [0, 0.05) is 30.1 Å². The van der Waals surface area contributed by atoms with Crippen LogP contribution in [-0.4, -0.2) is 91.2 Å². The van der Waals surface area contributed by atoms with E-state index in [-0.39, 0.29) is 19.4 Å². The van der Waals surface area contributed by atoms with Gasteiger partial charge in [0.25, 0.3) is 0 Å². The third-order valence-electron chi connectivity index (χ3n) is 13.4. The number of hydrogen-bond donors (Lipinski definition) is 2. The Hall–Kier alpha value is -2.38. The lowest BCUT2D eigenvalue weighted by molar-refractivity contribution is -0.360. The number of rotatable bonds is 10. The van der Waals surface area contributed by atoms with Gasteiger partial charge in [-0.1, -0.05) is 73.2 Å². The van der Waals surface area contributed by atoms with Crippen LogP contribution in [0.3, 0.4) is 0 Å². The molecule has 50 heavy (non-hydrogen) atoms. The lowest BCUT2D eigenvalue weighted by atomic mass is 9.44. The van der Waals surface area contributed by atoms with Crippen LogP contribution in [0.25, 0.3) is 0 Å². The summed E-state index contributed by atoms with van der Waals surface area (Å²) < 4.78 is 40.5. The summed E-state index contributed by atoms with van der Waals surface area (Å²) in [4.78, 5) is 27.7. The van der Waals surface area contributed by atoms with Gasteiger partial charge in [-0.25, -0.2) is 4.79 Å². The molecule has 1 aromatic rings. The first-order valence-electron chi connectivity index (χ1n) is 18.4. The van der Waals surface area contributed by atoms with Crippen molar-refractivity contribution in [3.05, 3.63) is 59.7 Å². The Morgan fingerprint density at radius 1 is 1.06 bits per heavy atom. The van der Waals surface area contributed by atoms with E-state index < -0.39 is 91.1 Å². The number of carbonyl (C=O) groups excluding carboxylic acids is 2. The minimum absolute atomic E-state index is 0.0393. The van der Waals surface area contributed by atoms with Gasteiger partial charge < -0.3 is 38.3 Å². The van der Waals surface area contributed by atoms with E-state index in [1.807, 2.05) is 26.8 Å². The van der Waals surface area contributed by atoms with E-state index in [0.717, 1.165) is 18.1 Å². The summed E-state index contributed by atoms with van der Waals surface area (Å²) in [7, 11) is -2.33. The van der Waals surface area contributed by atoms with Gasteiger partial charge in [0.05, 0.1) is 36.4 Å². The van der Waals surface area contributed by atoms with Crippen molar-refractivity contribution in [1.82, 2.24) is 0 Å². The Labute approximate surface area is 297 Å². The Bertz CT molecular complexity index is 1500. The molecule has 6 rings (SSSR count). The number of ether oxygens (including phenoxy) is 5. The molecule has 4 fully saturated rings. The van der Waals surface area contributed by atoms with Crippen molar-refractivity contribution in [3.8, 4) is 0 Å². The van der Waals surface area contributed by atoms with Crippen molar-refractivity contribution in [2.75, 3.05) is 6.61 Å². The molecule has 10 unspecified atom stereocenters. The molecule has 0 aromatic heterocycles. The Morgan fingerprint density at radius 3 is 2.28 bits per heavy atom. The molecule has 276 valence electrons. The quantitative estimate of drug-likeness (QED) is 0.173. The number of esters is 2. The largest absolute Gasteiger partial charge is 0.455 e. The monoisotopic (exact) mass is 712 g/mol. The molecule has 1 aromatic carbocycles. The number of aliphatic hydroxyl groups excluding tert-OH is 1. The Kier molecular flexibility index (Phi) is 9.89. The average molecular weight is 713 g/mol. The highest BCUT2D eigenvalue weighted by Gasteiger charge is 2.79. The minimum atomic E-state index is -2.33. The van der Waals surface area contributed by atoms with Crippen molar-refractivity contribution in [2.45, 2.75) is 147 Å². The second-order valence-electron chi connectivity index (χ2n) is 15.8. The summed E-state index contributed by atoms with van der Waals surface area (Å²) in [5, 5.41) is 25.2. The maximum atomic E-state index is 14.3. The fraction of sp³-hybridized carbons (Fsp3) is 0.692. The van der Waals surface area contributed by atoms with Gasteiger partial charge in [0.2, 0.25) is 0 Å². The van der Waals surface area contributed by atoms with E-state index in [4.69, 9.17) is 28.1 Å². The van der Waals surface area contributed by atoms with E-state index in [0.29, 0.717) is 23.1 Å². The number of hydrogen-bond acceptors (Lipinski definition) is 10. The molecule has 2 heterocycles. The standard InChI is InChI=1S/C39H56O10Si/c1-10-28(41)48-38-22-44-27(38)20-26(49-50(12-3,13-4)14-5)37(9)32(38)34(47-35(42)24-18-16-15-17-19-24)39(43)21-25(40)23(6)30(36(39,7)8)31-33(37)46-29(11-2)45-31/h11,15-19,25-27,29,31-34,40,43H,2,10,12-14,20-22H2,1,3-9H3/t25?,26?,27?,29?,31?,32?,33?,34?,37-,38?,39?/m1/s1. The third kappa shape index (κ3) is 5.32. The molecule has 2 bridgehead atoms. The normalized spacial score (nSPS) is 40.3. The highest BCUT2D eigenvalue weighted by Crippen LogP contribution is 2.67. The summed E-state index contributed by atoms with van der Waals surface area (Å²) in [5.41, 5.74) is -3.66. The summed E-state index contributed by atoms with van der Waals surface area (Å²) in [6, 6.07) is 11.3. The van der Waals surface area contributed by atoms with Gasteiger partial charge in [0.1, 0.15) is 23.9 Å². The van der Waals surface area contributed by atoms with E-state index in [1.165, 1.54) is 0 Å². The summed E-state index contributed by atoms with van der Waals surface area (Å²) in [6.07, 6.45) is -3.72. The molecule has 11 atom stereocenters. The highest BCUT2D eigenvalue weighted by atomic mass is 28.4. The van der Waals surface area contributed by atoms with Gasteiger partial charge in [-0.15, -0.1) is 0 Å².